The van der Waals surface area contributed by atoms with Crippen molar-refractivity contribution in [3.05, 3.63) is 58.0 Å². The number of rotatable bonds is 7. The van der Waals surface area contributed by atoms with Crippen LogP contribution in [0.1, 0.15) is 29.8 Å². The number of hydrogen-bond donors (Lipinski definition) is 0. The minimum atomic E-state index is -0.370. The SMILES string of the molecule is COCCN(CC(=O)N1N=C(c2ccccc2F)CC1c1cccs1)C(C)=O. The maximum absolute atomic E-state index is 14.2. The van der Waals surface area contributed by atoms with Crippen molar-refractivity contribution in [2.45, 2.75) is 19.4 Å². The lowest BCUT2D eigenvalue weighted by atomic mass is 10.0. The molecule has 2 amide bonds. The zero-order valence-electron chi connectivity index (χ0n) is 15.8. The van der Waals surface area contributed by atoms with Crippen LogP contribution < -0.4 is 0 Å². The second-order valence-electron chi connectivity index (χ2n) is 6.43. The Bertz CT molecular complexity index is 869. The third kappa shape index (κ3) is 4.45. The van der Waals surface area contributed by atoms with Gasteiger partial charge < -0.3 is 9.64 Å². The molecule has 0 saturated heterocycles. The minimum absolute atomic E-state index is 0.103. The number of halogens is 1. The van der Waals surface area contributed by atoms with Crippen molar-refractivity contribution in [3.63, 3.8) is 0 Å². The van der Waals surface area contributed by atoms with E-state index in [1.807, 2.05) is 17.5 Å². The van der Waals surface area contributed by atoms with Crippen LogP contribution in [0.3, 0.4) is 0 Å². The van der Waals surface area contributed by atoms with Crippen molar-refractivity contribution in [3.8, 4) is 0 Å². The Morgan fingerprint density at radius 3 is 2.75 bits per heavy atom. The Hall–Kier alpha value is -2.58. The third-order valence-corrected chi connectivity index (χ3v) is 5.53. The molecule has 148 valence electrons. The number of ether oxygens (including phenoxy) is 1. The van der Waals surface area contributed by atoms with Gasteiger partial charge in [0.05, 0.1) is 18.4 Å². The molecule has 6 nitrogen and oxygen atoms in total. The molecule has 0 bridgehead atoms. The Morgan fingerprint density at radius 2 is 2.11 bits per heavy atom. The number of carbonyl (C=O) groups is 2. The maximum atomic E-state index is 14.2. The smallest absolute Gasteiger partial charge is 0.262 e. The van der Waals surface area contributed by atoms with Crippen molar-refractivity contribution in [1.29, 1.82) is 0 Å². The van der Waals surface area contributed by atoms with Crippen molar-refractivity contribution < 1.29 is 18.7 Å². The van der Waals surface area contributed by atoms with E-state index in [4.69, 9.17) is 4.74 Å². The van der Waals surface area contributed by atoms with Gasteiger partial charge in [0, 0.05) is 37.4 Å². The first-order valence-corrected chi connectivity index (χ1v) is 9.81. The summed E-state index contributed by atoms with van der Waals surface area (Å²) in [5, 5.41) is 7.76. The first-order chi connectivity index (χ1) is 13.5. The molecule has 3 rings (SSSR count). The third-order valence-electron chi connectivity index (χ3n) is 4.56. The predicted octanol–water partition coefficient (Wildman–Crippen LogP) is 3.06. The lowest BCUT2D eigenvalue weighted by Gasteiger charge is -2.25. The van der Waals surface area contributed by atoms with Gasteiger partial charge in [0.25, 0.3) is 5.91 Å². The Balaban J connectivity index is 1.86. The van der Waals surface area contributed by atoms with E-state index in [2.05, 4.69) is 5.10 Å². The molecule has 1 unspecified atom stereocenters. The van der Waals surface area contributed by atoms with E-state index in [0.29, 0.717) is 30.8 Å². The van der Waals surface area contributed by atoms with E-state index in [9.17, 15) is 14.0 Å². The highest BCUT2D eigenvalue weighted by atomic mass is 32.1. The molecule has 0 spiro atoms. The van der Waals surface area contributed by atoms with Gasteiger partial charge in [-0.25, -0.2) is 9.40 Å². The van der Waals surface area contributed by atoms with Crippen molar-refractivity contribution in [1.82, 2.24) is 9.91 Å². The fourth-order valence-corrected chi connectivity index (χ4v) is 3.90. The monoisotopic (exact) mass is 403 g/mol. The summed E-state index contributed by atoms with van der Waals surface area (Å²) in [6.45, 7) is 1.97. The molecule has 1 aliphatic rings. The number of hydrazone groups is 1. The molecule has 28 heavy (non-hydrogen) atoms. The quantitative estimate of drug-likeness (QED) is 0.714. The second kappa shape index (κ2) is 9.07. The molecule has 1 aromatic heterocycles. The van der Waals surface area contributed by atoms with Gasteiger partial charge in [-0.05, 0) is 17.5 Å². The number of hydrogen-bond acceptors (Lipinski definition) is 5. The second-order valence-corrected chi connectivity index (χ2v) is 7.41. The van der Waals surface area contributed by atoms with E-state index in [0.717, 1.165) is 4.88 Å². The molecule has 0 radical (unpaired) electrons. The normalized spacial score (nSPS) is 16.2. The number of methoxy groups -OCH3 is 1. The van der Waals surface area contributed by atoms with Crippen LogP contribution >= 0.6 is 11.3 Å². The van der Waals surface area contributed by atoms with Gasteiger partial charge in [-0.2, -0.15) is 5.10 Å². The van der Waals surface area contributed by atoms with Crippen LogP contribution in [0.25, 0.3) is 0 Å². The lowest BCUT2D eigenvalue weighted by molar-refractivity contribution is -0.141. The van der Waals surface area contributed by atoms with Crippen LogP contribution in [0.15, 0.2) is 46.9 Å². The van der Waals surface area contributed by atoms with Gasteiger partial charge in [-0.3, -0.25) is 9.59 Å². The average Bonchev–Trinajstić information content (AvgIpc) is 3.34. The molecule has 0 aliphatic carbocycles. The summed E-state index contributed by atoms with van der Waals surface area (Å²) in [5.74, 6) is -0.891. The molecular weight excluding hydrogens is 381 g/mol. The van der Waals surface area contributed by atoms with Crippen LogP contribution in [0.4, 0.5) is 4.39 Å². The molecule has 2 heterocycles. The van der Waals surface area contributed by atoms with E-state index in [1.165, 1.54) is 34.2 Å². The zero-order valence-corrected chi connectivity index (χ0v) is 16.6. The average molecular weight is 403 g/mol. The topological polar surface area (TPSA) is 62.2 Å². The van der Waals surface area contributed by atoms with E-state index in [1.54, 1.807) is 25.3 Å². The van der Waals surface area contributed by atoms with E-state index in [-0.39, 0.29) is 30.2 Å². The number of thiophene rings is 1. The standard InChI is InChI=1S/C20H22FN3O3S/c1-14(25)23(9-10-27-2)13-20(26)24-18(19-8-5-11-28-19)12-17(22-24)15-6-3-4-7-16(15)21/h3-8,11,18H,9-10,12-13H2,1-2H3. The van der Waals surface area contributed by atoms with E-state index >= 15 is 0 Å². The van der Waals surface area contributed by atoms with Gasteiger partial charge in [-0.15, -0.1) is 11.3 Å². The largest absolute Gasteiger partial charge is 0.383 e. The van der Waals surface area contributed by atoms with Gasteiger partial charge >= 0.3 is 0 Å². The van der Waals surface area contributed by atoms with Gasteiger partial charge in [0.15, 0.2) is 0 Å². The maximum Gasteiger partial charge on any atom is 0.262 e. The first-order valence-electron chi connectivity index (χ1n) is 8.93. The number of nitrogens with zero attached hydrogens (tertiary/aromatic N) is 3. The summed E-state index contributed by atoms with van der Waals surface area (Å²) in [4.78, 5) is 27.2. The first kappa shape index (κ1) is 20.2. The molecule has 0 saturated carbocycles. The summed E-state index contributed by atoms with van der Waals surface area (Å²) in [6.07, 6.45) is 0.422. The summed E-state index contributed by atoms with van der Waals surface area (Å²) in [6, 6.07) is 9.94. The summed E-state index contributed by atoms with van der Waals surface area (Å²) < 4.78 is 19.3. The summed E-state index contributed by atoms with van der Waals surface area (Å²) in [7, 11) is 1.54. The van der Waals surface area contributed by atoms with Crippen LogP contribution in [0.5, 0.6) is 0 Å². The van der Waals surface area contributed by atoms with Gasteiger partial charge in [-0.1, -0.05) is 24.3 Å². The highest BCUT2D eigenvalue weighted by Crippen LogP contribution is 2.35. The molecule has 1 aliphatic heterocycles. The van der Waals surface area contributed by atoms with Gasteiger partial charge in [0.1, 0.15) is 12.4 Å². The number of benzene rings is 1. The zero-order chi connectivity index (χ0) is 20.1. The summed E-state index contributed by atoms with van der Waals surface area (Å²) >= 11 is 1.52. The fraction of sp³-hybridized carbons (Fsp3) is 0.350. The van der Waals surface area contributed by atoms with Crippen LogP contribution in [0, 0.1) is 5.82 Å². The van der Waals surface area contributed by atoms with Gasteiger partial charge in [0.2, 0.25) is 5.91 Å². The van der Waals surface area contributed by atoms with E-state index < -0.39 is 0 Å². The molecule has 8 heteroatoms. The molecule has 1 aromatic carbocycles. The Kier molecular flexibility index (Phi) is 6.53. The van der Waals surface area contributed by atoms with Crippen LogP contribution in [-0.4, -0.2) is 54.2 Å². The predicted molar refractivity (Wildman–Crippen MR) is 106 cm³/mol. The summed E-state index contributed by atoms with van der Waals surface area (Å²) in [5.41, 5.74) is 0.915. The van der Waals surface area contributed by atoms with Crippen molar-refractivity contribution in [2.75, 3.05) is 26.8 Å². The van der Waals surface area contributed by atoms with Crippen LogP contribution in [0.2, 0.25) is 0 Å². The molecular formula is C20H22FN3O3S. The number of amides is 2. The lowest BCUT2D eigenvalue weighted by Crippen LogP contribution is -2.41. The highest BCUT2D eigenvalue weighted by molar-refractivity contribution is 7.10. The fourth-order valence-electron chi connectivity index (χ4n) is 3.09. The van der Waals surface area contributed by atoms with Crippen LogP contribution in [-0.2, 0) is 14.3 Å². The van der Waals surface area contributed by atoms with Crippen molar-refractivity contribution in [2.24, 2.45) is 5.10 Å². The molecule has 0 N–H and O–H groups in total. The minimum Gasteiger partial charge on any atom is -0.383 e. The molecule has 0 fully saturated rings. The Labute approximate surface area is 167 Å². The number of carbonyl (C=O) groups excluding carboxylic acids is 2. The molecule has 2 aromatic rings. The Morgan fingerprint density at radius 1 is 1.32 bits per heavy atom. The molecule has 1 atom stereocenters. The van der Waals surface area contributed by atoms with Crippen molar-refractivity contribution >= 4 is 28.9 Å². The highest BCUT2D eigenvalue weighted by Gasteiger charge is 2.35.